The van der Waals surface area contributed by atoms with Gasteiger partial charge in [-0.25, -0.2) is 0 Å². The number of pyridine rings is 1. The molecule has 0 saturated carbocycles. The Labute approximate surface area is 82.0 Å². The molecule has 2 aromatic rings. The van der Waals surface area contributed by atoms with Crippen LogP contribution in [0.4, 0.5) is 5.69 Å². The predicted octanol–water partition coefficient (Wildman–Crippen LogP) is 1.59. The first-order valence-corrected chi connectivity index (χ1v) is 4.47. The second-order valence-corrected chi connectivity index (χ2v) is 3.47. The highest BCUT2D eigenvalue weighted by Gasteiger charge is 2.00. The molecule has 0 radical (unpaired) electrons. The fourth-order valence-corrected chi connectivity index (χ4v) is 1.45. The molecule has 14 heavy (non-hydrogen) atoms. The van der Waals surface area contributed by atoms with Crippen LogP contribution < -0.4 is 10.5 Å². The molecule has 2 rings (SSSR count). The second kappa shape index (κ2) is 3.18. The van der Waals surface area contributed by atoms with Crippen molar-refractivity contribution in [2.24, 2.45) is 0 Å². The third-order valence-corrected chi connectivity index (χ3v) is 2.28. The lowest BCUT2D eigenvalue weighted by molar-refractivity contribution is 1.13. The van der Waals surface area contributed by atoms with Crippen molar-refractivity contribution in [3.8, 4) is 0 Å². The summed E-state index contributed by atoms with van der Waals surface area (Å²) in [4.78, 5) is 16.1. The highest BCUT2D eigenvalue weighted by molar-refractivity contribution is 5.84. The van der Waals surface area contributed by atoms with Gasteiger partial charge in [0.2, 0.25) is 0 Å². The van der Waals surface area contributed by atoms with Crippen LogP contribution in [-0.4, -0.2) is 19.1 Å². The van der Waals surface area contributed by atoms with Crippen molar-refractivity contribution in [1.29, 1.82) is 0 Å². The Balaban J connectivity index is 2.76. The largest absolute Gasteiger partial charge is 0.378 e. The van der Waals surface area contributed by atoms with Gasteiger partial charge in [0.25, 0.3) is 5.56 Å². The zero-order valence-corrected chi connectivity index (χ0v) is 8.24. The molecule has 3 heteroatoms. The summed E-state index contributed by atoms with van der Waals surface area (Å²) < 4.78 is 0. The van der Waals surface area contributed by atoms with Crippen LogP contribution in [0, 0.1) is 0 Å². The molecule has 0 aliphatic rings. The third-order valence-electron chi connectivity index (χ3n) is 2.28. The van der Waals surface area contributed by atoms with Crippen molar-refractivity contribution < 1.29 is 0 Å². The van der Waals surface area contributed by atoms with Gasteiger partial charge in [-0.3, -0.25) is 4.79 Å². The standard InChI is InChI=1S/C11H12N2O/c1-13(2)9-4-3-8-5-6-12-11(14)10(8)7-9/h3-7H,1-2H3,(H,12,14). The van der Waals surface area contributed by atoms with Crippen LogP contribution in [-0.2, 0) is 0 Å². The molecular formula is C11H12N2O. The lowest BCUT2D eigenvalue weighted by Gasteiger charge is -2.12. The van der Waals surface area contributed by atoms with Gasteiger partial charge in [0.1, 0.15) is 0 Å². The summed E-state index contributed by atoms with van der Waals surface area (Å²) in [5, 5.41) is 1.71. The van der Waals surface area contributed by atoms with E-state index < -0.39 is 0 Å². The number of nitrogens with one attached hydrogen (secondary N) is 1. The Morgan fingerprint density at radius 2 is 2.00 bits per heavy atom. The summed E-state index contributed by atoms with van der Waals surface area (Å²) >= 11 is 0. The van der Waals surface area contributed by atoms with E-state index in [9.17, 15) is 4.79 Å². The molecule has 3 nitrogen and oxygen atoms in total. The number of nitrogens with zero attached hydrogens (tertiary/aromatic N) is 1. The number of rotatable bonds is 1. The number of anilines is 1. The van der Waals surface area contributed by atoms with Crippen LogP contribution in [0.2, 0.25) is 0 Å². The van der Waals surface area contributed by atoms with Crippen LogP contribution in [0.3, 0.4) is 0 Å². The first kappa shape index (κ1) is 8.81. The zero-order valence-electron chi connectivity index (χ0n) is 8.24. The molecule has 0 aliphatic carbocycles. The summed E-state index contributed by atoms with van der Waals surface area (Å²) in [6.45, 7) is 0. The van der Waals surface area contributed by atoms with Crippen molar-refractivity contribution >= 4 is 16.5 Å². The van der Waals surface area contributed by atoms with Crippen molar-refractivity contribution in [3.63, 3.8) is 0 Å². The fraction of sp³-hybridized carbons (Fsp3) is 0.182. The average Bonchev–Trinajstić information content (AvgIpc) is 2.18. The Kier molecular flexibility index (Phi) is 2.00. The minimum absolute atomic E-state index is 0.0359. The van der Waals surface area contributed by atoms with E-state index in [1.807, 2.05) is 43.3 Å². The molecular weight excluding hydrogens is 176 g/mol. The number of hydrogen-bond donors (Lipinski definition) is 1. The van der Waals surface area contributed by atoms with Gasteiger partial charge in [0.05, 0.1) is 0 Å². The molecule has 1 aromatic heterocycles. The molecule has 72 valence electrons. The van der Waals surface area contributed by atoms with Gasteiger partial charge in [-0.15, -0.1) is 0 Å². The second-order valence-electron chi connectivity index (χ2n) is 3.47. The van der Waals surface area contributed by atoms with Crippen LogP contribution in [0.1, 0.15) is 0 Å². The molecule has 1 N–H and O–H groups in total. The highest BCUT2D eigenvalue weighted by Crippen LogP contribution is 2.17. The number of benzene rings is 1. The van der Waals surface area contributed by atoms with Crippen molar-refractivity contribution in [3.05, 3.63) is 40.8 Å². The first-order chi connectivity index (χ1) is 6.68. The summed E-state index contributed by atoms with van der Waals surface area (Å²) in [7, 11) is 3.91. The number of H-pyrrole nitrogens is 1. The van der Waals surface area contributed by atoms with E-state index >= 15 is 0 Å². The Morgan fingerprint density at radius 1 is 1.21 bits per heavy atom. The number of aromatic amines is 1. The first-order valence-electron chi connectivity index (χ1n) is 4.47. The van der Waals surface area contributed by atoms with Crippen molar-refractivity contribution in [2.45, 2.75) is 0 Å². The van der Waals surface area contributed by atoms with Crippen LogP contribution in [0.25, 0.3) is 10.8 Å². The lowest BCUT2D eigenvalue weighted by Crippen LogP contribution is -2.10. The normalized spacial score (nSPS) is 10.4. The third kappa shape index (κ3) is 1.37. The molecule has 0 spiro atoms. The molecule has 0 bridgehead atoms. The molecule has 1 aromatic carbocycles. The summed E-state index contributed by atoms with van der Waals surface area (Å²) in [6, 6.07) is 7.76. The van der Waals surface area contributed by atoms with Gasteiger partial charge in [0, 0.05) is 31.4 Å². The van der Waals surface area contributed by atoms with Crippen molar-refractivity contribution in [1.82, 2.24) is 4.98 Å². The maximum absolute atomic E-state index is 11.5. The van der Waals surface area contributed by atoms with Gasteiger partial charge in [-0.1, -0.05) is 6.07 Å². The number of hydrogen-bond acceptors (Lipinski definition) is 2. The minimum Gasteiger partial charge on any atom is -0.378 e. The molecule has 1 heterocycles. The summed E-state index contributed by atoms with van der Waals surface area (Å²) in [5.41, 5.74) is 1.00. The fourth-order valence-electron chi connectivity index (χ4n) is 1.45. The summed E-state index contributed by atoms with van der Waals surface area (Å²) in [5.74, 6) is 0. The molecule has 0 saturated heterocycles. The Hall–Kier alpha value is -1.77. The monoisotopic (exact) mass is 188 g/mol. The molecule has 0 unspecified atom stereocenters. The molecule has 0 amide bonds. The van der Waals surface area contributed by atoms with E-state index in [2.05, 4.69) is 4.98 Å². The minimum atomic E-state index is -0.0359. The molecule has 0 fully saturated rings. The maximum atomic E-state index is 11.5. The average molecular weight is 188 g/mol. The molecule has 0 aliphatic heterocycles. The van der Waals surface area contributed by atoms with E-state index in [0.717, 1.165) is 16.5 Å². The smallest absolute Gasteiger partial charge is 0.255 e. The van der Waals surface area contributed by atoms with Gasteiger partial charge in [-0.2, -0.15) is 0 Å². The quantitative estimate of drug-likeness (QED) is 0.737. The van der Waals surface area contributed by atoms with Gasteiger partial charge < -0.3 is 9.88 Å². The Morgan fingerprint density at radius 3 is 2.71 bits per heavy atom. The Bertz CT molecular complexity index is 514. The van der Waals surface area contributed by atoms with Gasteiger partial charge in [0.15, 0.2) is 0 Å². The van der Waals surface area contributed by atoms with Crippen LogP contribution >= 0.6 is 0 Å². The highest BCUT2D eigenvalue weighted by atomic mass is 16.1. The van der Waals surface area contributed by atoms with Crippen LogP contribution in [0.5, 0.6) is 0 Å². The van der Waals surface area contributed by atoms with E-state index in [0.29, 0.717) is 0 Å². The zero-order chi connectivity index (χ0) is 10.1. The maximum Gasteiger partial charge on any atom is 0.255 e. The topological polar surface area (TPSA) is 36.1 Å². The number of aromatic nitrogens is 1. The van der Waals surface area contributed by atoms with E-state index in [4.69, 9.17) is 0 Å². The number of fused-ring (bicyclic) bond motifs is 1. The predicted molar refractivity (Wildman–Crippen MR) is 58.9 cm³/mol. The van der Waals surface area contributed by atoms with E-state index in [-0.39, 0.29) is 5.56 Å². The van der Waals surface area contributed by atoms with Gasteiger partial charge >= 0.3 is 0 Å². The van der Waals surface area contributed by atoms with Crippen LogP contribution in [0.15, 0.2) is 35.3 Å². The van der Waals surface area contributed by atoms with E-state index in [1.165, 1.54) is 0 Å². The molecule has 0 atom stereocenters. The summed E-state index contributed by atoms with van der Waals surface area (Å²) in [6.07, 6.45) is 1.67. The van der Waals surface area contributed by atoms with Gasteiger partial charge in [-0.05, 0) is 23.6 Å². The SMILES string of the molecule is CN(C)c1ccc2cc[nH]c(=O)c2c1. The lowest BCUT2D eigenvalue weighted by atomic mass is 10.1. The van der Waals surface area contributed by atoms with Crippen molar-refractivity contribution in [2.75, 3.05) is 19.0 Å². The van der Waals surface area contributed by atoms with E-state index in [1.54, 1.807) is 6.20 Å².